The van der Waals surface area contributed by atoms with Crippen LogP contribution in [0.25, 0.3) is 12.2 Å². The van der Waals surface area contributed by atoms with E-state index in [0.29, 0.717) is 101 Å². The van der Waals surface area contributed by atoms with Gasteiger partial charge in [0.15, 0.2) is 28.9 Å². The fourth-order valence-electron chi connectivity index (χ4n) is 13.1. The zero-order valence-corrected chi connectivity index (χ0v) is 87.4. The number of amides is 4. The molecule has 742 valence electrons. The number of carbonyl (C=O) groups excluding carboxylic acids is 8. The van der Waals surface area contributed by atoms with E-state index in [1.807, 2.05) is 0 Å². The van der Waals surface area contributed by atoms with Gasteiger partial charge in [-0.15, -0.1) is 9.80 Å². The number of aromatic hydroxyl groups is 2. The van der Waals surface area contributed by atoms with Crippen LogP contribution in [0, 0.1) is 44.0 Å². The summed E-state index contributed by atoms with van der Waals surface area (Å²) < 4.78 is 99.5. The van der Waals surface area contributed by atoms with Gasteiger partial charge >= 0.3 is 24.4 Å². The molecule has 0 saturated carbocycles. The molecular weight excluding hydrogens is 2170 g/mol. The number of phenols is 2. The van der Waals surface area contributed by atoms with Gasteiger partial charge < -0.3 is 49.1 Å². The number of carbonyl (C=O) groups is 8. The summed E-state index contributed by atoms with van der Waals surface area (Å²) in [5.41, 5.74) is 8.28. The number of phenolic OH excluding ortho intramolecular Hbond substituents is 2. The fraction of sp³-hybridized carbons (Fsp3) is 0.313. The molecule has 7 aromatic heterocycles. The largest absolute Gasteiger partial charge is 0.508 e. The molecule has 42 heteroatoms. The molecule has 4 aliphatic rings. The van der Waals surface area contributed by atoms with Crippen molar-refractivity contribution in [1.82, 2.24) is 49.8 Å². The van der Waals surface area contributed by atoms with E-state index >= 15 is 8.78 Å². The molecule has 4 N–H and O–H groups in total. The quantitative estimate of drug-likeness (QED) is 0.0433. The van der Waals surface area contributed by atoms with E-state index in [1.54, 1.807) is 215 Å². The van der Waals surface area contributed by atoms with Gasteiger partial charge in [0, 0.05) is 95.3 Å². The average molecular weight is 2270 g/mol. The van der Waals surface area contributed by atoms with Gasteiger partial charge in [0.1, 0.15) is 95.5 Å². The van der Waals surface area contributed by atoms with E-state index in [4.69, 9.17) is 38.9 Å². The van der Waals surface area contributed by atoms with Crippen LogP contribution in [0.4, 0.5) is 54.6 Å². The highest BCUT2D eigenvalue weighted by Crippen LogP contribution is 2.48. The maximum absolute atomic E-state index is 15.3. The van der Waals surface area contributed by atoms with Gasteiger partial charge in [0.2, 0.25) is 29.4 Å². The van der Waals surface area contributed by atoms with Crippen LogP contribution in [0.5, 0.6) is 28.7 Å². The van der Waals surface area contributed by atoms with Crippen molar-refractivity contribution < 1.29 is 99.3 Å². The standard InChI is InChI=1S/C31H34BrFN4O6S.C31H32BrFN4O6S.C20H16BrFN4O3S.C15H9BrFNO2S.2CH4/c2*1-16-21(12-18(23(32)24(16)33)13-22-25(38)20-10-9-11-34-26(20)44-22)41-17(2)19-14-35-27(36-15-19)37(28(39)42-30(3,4)5)29(40)43-31(6,7)8;1-9(11-7-25-20(23)26-8-11)29-13-5-10(15(21)16(22)18(13)28)6-14-17(27)12-3-2-4-24-19(12)30-14;1-7-10(19)5-8(12(16)13(7)17)6-11-14(20)9-3-2-4-18-15(9)21-11;;/h9-12,14-15,17,22H,13H2,1-8H3;9-15,17H,1-8H3;2-5,7-9,14,28H,6H2,1H3,(H2,23,25,26);2-6,19H,1H3;2*1H4/b;22-13-;;11-6-;;. The molecule has 0 radical (unpaired) electrons. The third-order valence-electron chi connectivity index (χ3n) is 20.1. The predicted molar refractivity (Wildman–Crippen MR) is 544 cm³/mol. The molecule has 5 atom stereocenters. The van der Waals surface area contributed by atoms with Crippen LogP contribution in [0.15, 0.2) is 183 Å². The maximum Gasteiger partial charge on any atom is 0.427 e. The van der Waals surface area contributed by atoms with E-state index in [2.05, 4.69) is 114 Å². The number of anilines is 3. The molecule has 141 heavy (non-hydrogen) atoms. The van der Waals surface area contributed by atoms with Crippen LogP contribution in [0.1, 0.15) is 234 Å². The summed E-state index contributed by atoms with van der Waals surface area (Å²) in [6.07, 6.45) is 12.9. The summed E-state index contributed by atoms with van der Waals surface area (Å²) in [6, 6.07) is 20.0. The first-order valence-electron chi connectivity index (χ1n) is 42.4. The Balaban J connectivity index is 0.000000199. The molecule has 30 nitrogen and oxygen atoms in total. The van der Waals surface area contributed by atoms with Crippen molar-refractivity contribution in [3.63, 3.8) is 0 Å². The second kappa shape index (κ2) is 46.1. The lowest BCUT2D eigenvalue weighted by Gasteiger charge is -2.27. The highest BCUT2D eigenvalue weighted by Gasteiger charge is 2.41. The van der Waals surface area contributed by atoms with Crippen molar-refractivity contribution in [3.05, 3.63) is 264 Å². The van der Waals surface area contributed by atoms with Gasteiger partial charge in [0.05, 0.1) is 60.5 Å². The second-order valence-corrected chi connectivity index (χ2v) is 42.9. The number of ether oxygens (including phenoxy) is 7. The minimum atomic E-state index is -0.996. The molecule has 4 aliphatic heterocycles. The summed E-state index contributed by atoms with van der Waals surface area (Å²) in [5.74, 6) is -3.51. The molecule has 4 amide bonds. The number of imide groups is 2. The average Bonchev–Trinajstić information content (AvgIpc) is 1.45. The number of nitrogens with zero attached hydrogens (tertiary/aromatic N) is 12. The first-order chi connectivity index (χ1) is 65.2. The molecule has 11 aromatic rings. The highest BCUT2D eigenvalue weighted by atomic mass is 79.9. The Labute approximate surface area is 862 Å². The summed E-state index contributed by atoms with van der Waals surface area (Å²) in [6.45, 7) is 29.8. The Hall–Kier alpha value is -11.8. The number of ketones is 4. The van der Waals surface area contributed by atoms with Crippen LogP contribution in [0.2, 0.25) is 0 Å². The third-order valence-corrected chi connectivity index (χ3v) is 27.9. The number of rotatable bonds is 17. The lowest BCUT2D eigenvalue weighted by Crippen LogP contribution is -2.44. The van der Waals surface area contributed by atoms with Crippen LogP contribution < -0.4 is 29.7 Å². The van der Waals surface area contributed by atoms with Crippen LogP contribution >= 0.6 is 111 Å². The molecule has 11 heterocycles. The van der Waals surface area contributed by atoms with Crippen molar-refractivity contribution in [2.75, 3.05) is 15.5 Å². The lowest BCUT2D eigenvalue weighted by atomic mass is 10.0. The van der Waals surface area contributed by atoms with Crippen molar-refractivity contribution in [1.29, 1.82) is 0 Å². The van der Waals surface area contributed by atoms with Gasteiger partial charge in [0.25, 0.3) is 0 Å². The molecule has 0 saturated heterocycles. The first kappa shape index (κ1) is 111. The van der Waals surface area contributed by atoms with E-state index in [9.17, 15) is 57.4 Å². The Morgan fingerprint density at radius 2 is 0.738 bits per heavy atom. The van der Waals surface area contributed by atoms with Crippen molar-refractivity contribution in [2.24, 2.45) is 0 Å². The van der Waals surface area contributed by atoms with Gasteiger partial charge in [-0.25, -0.2) is 86.6 Å². The number of nitrogens with two attached hydrogens (primary N) is 1. The molecule has 0 fully saturated rings. The number of fused-ring (bicyclic) bond motifs is 4. The van der Waals surface area contributed by atoms with Crippen molar-refractivity contribution in [2.45, 2.75) is 224 Å². The van der Waals surface area contributed by atoms with Crippen LogP contribution in [0.3, 0.4) is 0 Å². The number of allylic oxidation sites excluding steroid dienone is 2. The SMILES string of the molecule is C.C.CC(Oc1cc(CC2Sc3ncccc3C2=O)c(Br)c(F)c1O)c1cnc(N)nc1.Cc1c(O)cc(/C=C2\Sc3ncccc3C2=O)c(Br)c1F.Cc1c(OC(C)c2cnc(N(C(=O)OC(C)(C)C)C(=O)OC(C)(C)C)nc2)cc(/C=C2\Sc3ncccc3C2=O)c(Br)c1F.Cc1c(OC(C)c2cnc(N(C(=O)OC(C)(C)C)C(=O)OC(C)(C)C)nc2)cc(CC2Sc3ncccc3C2=O)c(Br)c1F. The fourth-order valence-corrected chi connectivity index (χ4v) is 19.5. The van der Waals surface area contributed by atoms with Gasteiger partial charge in [-0.1, -0.05) is 61.9 Å². The predicted octanol–water partition coefficient (Wildman–Crippen LogP) is 25.7. The zero-order valence-electron chi connectivity index (χ0n) is 77.8. The van der Waals surface area contributed by atoms with Gasteiger partial charge in [-0.05, 0) is 308 Å². The highest BCUT2D eigenvalue weighted by molar-refractivity contribution is 9.11. The molecule has 0 aliphatic carbocycles. The number of hydrogen-bond donors (Lipinski definition) is 3. The number of pyridine rings is 4. The number of nitrogen functional groups attached to an aromatic ring is 1. The van der Waals surface area contributed by atoms with Crippen molar-refractivity contribution in [3.8, 4) is 28.7 Å². The van der Waals surface area contributed by atoms with E-state index in [1.165, 1.54) is 103 Å². The third kappa shape index (κ3) is 27.2. The zero-order chi connectivity index (χ0) is 102. The Bertz CT molecular complexity index is 6680. The molecule has 0 spiro atoms. The van der Waals surface area contributed by atoms with Crippen LogP contribution in [-0.2, 0) is 31.8 Å². The van der Waals surface area contributed by atoms with Crippen molar-refractivity contribution >= 4 is 188 Å². The minimum absolute atomic E-state index is 0. The Kier molecular flexibility index (Phi) is 36.3. The molecule has 5 unspecified atom stereocenters. The Morgan fingerprint density at radius 3 is 1.09 bits per heavy atom. The summed E-state index contributed by atoms with van der Waals surface area (Å²) >= 11 is 18.2. The lowest BCUT2D eigenvalue weighted by molar-refractivity contribution is 0.0404. The number of Topliss-reactive ketones (excluding diaryl/α,β-unsaturated/α-hetero) is 4. The topological polar surface area (TPSA) is 403 Å². The van der Waals surface area contributed by atoms with Gasteiger partial charge in [-0.2, -0.15) is 0 Å². The molecule has 4 aromatic carbocycles. The van der Waals surface area contributed by atoms with E-state index < -0.39 is 105 Å². The Morgan fingerprint density at radius 1 is 0.433 bits per heavy atom. The summed E-state index contributed by atoms with van der Waals surface area (Å²) in [4.78, 5) is 146. The first-order valence-corrected chi connectivity index (χ1v) is 49.0. The van der Waals surface area contributed by atoms with Gasteiger partial charge in [-0.3, -0.25) is 19.2 Å². The normalized spacial score (nSPS) is 15.2. The molecular formula is C99H99Br4F4N13O17S4. The minimum Gasteiger partial charge on any atom is -0.508 e. The smallest absolute Gasteiger partial charge is 0.427 e. The van der Waals surface area contributed by atoms with E-state index in [-0.39, 0.29) is 126 Å². The molecule has 15 rings (SSSR count). The number of benzene rings is 4. The number of aromatic nitrogens is 10. The van der Waals surface area contributed by atoms with E-state index in [0.717, 1.165) is 0 Å². The number of hydrogen-bond acceptors (Lipinski definition) is 32. The summed E-state index contributed by atoms with van der Waals surface area (Å²) in [7, 11) is 0. The summed E-state index contributed by atoms with van der Waals surface area (Å²) in [5, 5.41) is 21.6. The van der Waals surface area contributed by atoms with Crippen LogP contribution in [-0.4, -0.2) is 140 Å². The second-order valence-electron chi connectivity index (χ2n) is 35.3. The monoisotopic (exact) mass is 2260 g/mol. The number of thioether (sulfide) groups is 4. The molecule has 0 bridgehead atoms. The number of halogens is 8. The maximum atomic E-state index is 15.3.